The first-order valence-electron chi connectivity index (χ1n) is 30.1. The Bertz CT molecular complexity index is 1200. The first kappa shape index (κ1) is 66.4. The van der Waals surface area contributed by atoms with Crippen molar-refractivity contribution in [3.8, 4) is 0 Å². The van der Waals surface area contributed by atoms with Gasteiger partial charge in [-0.15, -0.1) is 0 Å². The van der Waals surface area contributed by atoms with Crippen LogP contribution in [-0.4, -0.2) is 37.2 Å². The van der Waals surface area contributed by atoms with Crippen LogP contribution in [0.1, 0.15) is 316 Å². The Hall–Kier alpha value is -2.63. The van der Waals surface area contributed by atoms with Crippen molar-refractivity contribution in [2.45, 2.75) is 322 Å². The second kappa shape index (κ2) is 57.9. The van der Waals surface area contributed by atoms with Gasteiger partial charge in [0.1, 0.15) is 13.2 Å². The Balaban J connectivity index is 4.28. The third-order valence-corrected chi connectivity index (χ3v) is 13.3. The summed E-state index contributed by atoms with van der Waals surface area (Å²) in [4.78, 5) is 38.2. The highest BCUT2D eigenvalue weighted by Crippen LogP contribution is 2.17. The standard InChI is InChI=1S/C63H114O6/c1-4-7-10-13-16-19-22-25-27-28-29-30-31-32-33-34-36-38-41-44-47-50-53-56-62(65)68-59-60(58-67-61(64)55-52-49-46-43-40-37-24-21-18-15-12-9-6-3)69-63(66)57-54-51-48-45-42-39-35-26-23-20-17-14-11-8-5-2/h9,12,18,21,28-29,37,40,60H,4-8,10-11,13-17,19-20,22-27,30-36,38-39,41-59H2,1-3H3/b12-9-,21-18-,29-28-,40-37-. The molecular weight excluding hydrogens is 853 g/mol. The van der Waals surface area contributed by atoms with E-state index in [-0.39, 0.29) is 31.1 Å². The molecule has 0 saturated carbocycles. The molecule has 0 fully saturated rings. The first-order valence-corrected chi connectivity index (χ1v) is 30.1. The third-order valence-electron chi connectivity index (χ3n) is 13.3. The van der Waals surface area contributed by atoms with Crippen molar-refractivity contribution >= 4 is 17.9 Å². The molecule has 0 saturated heterocycles. The topological polar surface area (TPSA) is 78.9 Å². The van der Waals surface area contributed by atoms with Crippen LogP contribution in [0.5, 0.6) is 0 Å². The monoisotopic (exact) mass is 967 g/mol. The molecule has 1 unspecified atom stereocenters. The highest BCUT2D eigenvalue weighted by molar-refractivity contribution is 5.71. The normalized spacial score (nSPS) is 12.3. The summed E-state index contributed by atoms with van der Waals surface area (Å²) in [7, 11) is 0. The van der Waals surface area contributed by atoms with Crippen molar-refractivity contribution in [2.24, 2.45) is 0 Å². The van der Waals surface area contributed by atoms with Crippen molar-refractivity contribution in [2.75, 3.05) is 13.2 Å². The summed E-state index contributed by atoms with van der Waals surface area (Å²) in [5.41, 5.74) is 0. The van der Waals surface area contributed by atoms with Crippen molar-refractivity contribution in [1.82, 2.24) is 0 Å². The van der Waals surface area contributed by atoms with E-state index in [0.29, 0.717) is 19.3 Å². The van der Waals surface area contributed by atoms with E-state index in [1.54, 1.807) is 0 Å². The molecule has 0 bridgehead atoms. The molecule has 0 heterocycles. The van der Waals surface area contributed by atoms with Crippen LogP contribution in [0.15, 0.2) is 48.6 Å². The molecular formula is C63H114O6. The van der Waals surface area contributed by atoms with Gasteiger partial charge in [-0.2, -0.15) is 0 Å². The number of hydrogen-bond donors (Lipinski definition) is 0. The fraction of sp³-hybridized carbons (Fsp3) is 0.825. The van der Waals surface area contributed by atoms with E-state index in [9.17, 15) is 14.4 Å². The number of carbonyl (C=O) groups is 3. The average Bonchev–Trinajstić information content (AvgIpc) is 3.35. The number of allylic oxidation sites excluding steroid dienone is 8. The van der Waals surface area contributed by atoms with Gasteiger partial charge in [0.2, 0.25) is 0 Å². The molecule has 6 nitrogen and oxygen atoms in total. The van der Waals surface area contributed by atoms with Crippen LogP contribution in [0.4, 0.5) is 0 Å². The molecule has 0 aromatic heterocycles. The Morgan fingerprint density at radius 1 is 0.304 bits per heavy atom. The number of esters is 3. The van der Waals surface area contributed by atoms with E-state index in [0.717, 1.165) is 83.5 Å². The molecule has 0 aliphatic heterocycles. The summed E-state index contributed by atoms with van der Waals surface area (Å²) in [6.07, 6.45) is 71.2. The van der Waals surface area contributed by atoms with Crippen LogP contribution >= 0.6 is 0 Å². The van der Waals surface area contributed by atoms with E-state index in [1.807, 2.05) is 0 Å². The van der Waals surface area contributed by atoms with E-state index in [2.05, 4.69) is 69.4 Å². The van der Waals surface area contributed by atoms with Gasteiger partial charge >= 0.3 is 17.9 Å². The van der Waals surface area contributed by atoms with Crippen molar-refractivity contribution in [1.29, 1.82) is 0 Å². The highest BCUT2D eigenvalue weighted by Gasteiger charge is 2.19. The van der Waals surface area contributed by atoms with Gasteiger partial charge in [0.15, 0.2) is 6.10 Å². The lowest BCUT2D eigenvalue weighted by Gasteiger charge is -2.18. The molecule has 0 amide bonds. The third kappa shape index (κ3) is 56.2. The molecule has 0 radical (unpaired) electrons. The van der Waals surface area contributed by atoms with Gasteiger partial charge in [0.25, 0.3) is 0 Å². The minimum absolute atomic E-state index is 0.0796. The van der Waals surface area contributed by atoms with Crippen LogP contribution in [-0.2, 0) is 28.6 Å². The molecule has 0 spiro atoms. The van der Waals surface area contributed by atoms with Crippen molar-refractivity contribution < 1.29 is 28.6 Å². The number of ether oxygens (including phenoxy) is 3. The van der Waals surface area contributed by atoms with Gasteiger partial charge in [0, 0.05) is 19.3 Å². The number of rotatable bonds is 55. The van der Waals surface area contributed by atoms with Crippen molar-refractivity contribution in [3.63, 3.8) is 0 Å². The Morgan fingerprint density at radius 2 is 0.565 bits per heavy atom. The van der Waals surface area contributed by atoms with Gasteiger partial charge in [0.05, 0.1) is 0 Å². The van der Waals surface area contributed by atoms with E-state index < -0.39 is 6.10 Å². The molecule has 1 atom stereocenters. The maximum Gasteiger partial charge on any atom is 0.306 e. The summed E-state index contributed by atoms with van der Waals surface area (Å²) in [5.74, 6) is -0.894. The van der Waals surface area contributed by atoms with Crippen LogP contribution in [0, 0.1) is 0 Å². The maximum absolute atomic E-state index is 12.9. The average molecular weight is 968 g/mol. The van der Waals surface area contributed by atoms with Gasteiger partial charge in [-0.05, 0) is 77.0 Å². The Kier molecular flexibility index (Phi) is 55.7. The number of hydrogen-bond acceptors (Lipinski definition) is 6. The van der Waals surface area contributed by atoms with Gasteiger partial charge in [-0.1, -0.05) is 268 Å². The Labute approximate surface area is 428 Å². The zero-order valence-electron chi connectivity index (χ0n) is 46.1. The fourth-order valence-electron chi connectivity index (χ4n) is 8.81. The zero-order chi connectivity index (χ0) is 50.0. The minimum atomic E-state index is -0.783. The van der Waals surface area contributed by atoms with Crippen molar-refractivity contribution in [3.05, 3.63) is 48.6 Å². The summed E-state index contributed by atoms with van der Waals surface area (Å²) >= 11 is 0. The number of carbonyl (C=O) groups excluding carboxylic acids is 3. The van der Waals surface area contributed by atoms with E-state index >= 15 is 0 Å². The predicted octanol–water partition coefficient (Wildman–Crippen LogP) is 20.2. The predicted molar refractivity (Wildman–Crippen MR) is 298 cm³/mol. The second-order valence-corrected chi connectivity index (χ2v) is 20.2. The first-order chi connectivity index (χ1) is 34.0. The van der Waals surface area contributed by atoms with Crippen LogP contribution in [0.2, 0.25) is 0 Å². The van der Waals surface area contributed by atoms with Crippen LogP contribution < -0.4 is 0 Å². The van der Waals surface area contributed by atoms with Gasteiger partial charge in [-0.3, -0.25) is 14.4 Å². The van der Waals surface area contributed by atoms with E-state index in [1.165, 1.54) is 193 Å². The van der Waals surface area contributed by atoms with Crippen LogP contribution in [0.25, 0.3) is 0 Å². The molecule has 69 heavy (non-hydrogen) atoms. The minimum Gasteiger partial charge on any atom is -0.462 e. The second-order valence-electron chi connectivity index (χ2n) is 20.2. The summed E-state index contributed by atoms with van der Waals surface area (Å²) in [6.45, 7) is 6.54. The SMILES string of the molecule is CC/C=C\C/C=C\C/C=C\CCCCCC(=O)OCC(COC(=O)CCCCCCCCCCCCC/C=C\CCCCCCCCCC)OC(=O)CCCCCCCCCCCCCCCCC. The lowest BCUT2D eigenvalue weighted by Crippen LogP contribution is -2.30. The molecule has 0 aliphatic rings. The molecule has 6 heteroatoms. The molecule has 402 valence electrons. The summed E-state index contributed by atoms with van der Waals surface area (Å²) in [5, 5.41) is 0. The highest BCUT2D eigenvalue weighted by atomic mass is 16.6. The van der Waals surface area contributed by atoms with Gasteiger partial charge < -0.3 is 14.2 Å². The molecule has 0 N–H and O–H groups in total. The smallest absolute Gasteiger partial charge is 0.306 e. The lowest BCUT2D eigenvalue weighted by atomic mass is 10.0. The molecule has 0 aromatic carbocycles. The quantitative estimate of drug-likeness (QED) is 0.0262. The lowest BCUT2D eigenvalue weighted by molar-refractivity contribution is -0.167. The van der Waals surface area contributed by atoms with Gasteiger partial charge in [-0.25, -0.2) is 0 Å². The summed E-state index contributed by atoms with van der Waals surface area (Å²) < 4.78 is 16.9. The van der Waals surface area contributed by atoms with Crippen LogP contribution in [0.3, 0.4) is 0 Å². The Morgan fingerprint density at radius 3 is 0.913 bits per heavy atom. The van der Waals surface area contributed by atoms with E-state index in [4.69, 9.17) is 14.2 Å². The fourth-order valence-corrected chi connectivity index (χ4v) is 8.81. The largest absolute Gasteiger partial charge is 0.462 e. The maximum atomic E-state index is 12.9. The summed E-state index contributed by atoms with van der Waals surface area (Å²) in [6, 6.07) is 0. The molecule has 0 aliphatic carbocycles. The molecule has 0 aromatic rings. The zero-order valence-corrected chi connectivity index (χ0v) is 46.1. The number of unbranched alkanes of at least 4 members (excludes halogenated alkanes) is 36. The molecule has 0 rings (SSSR count).